The molecule has 0 aromatic heterocycles. The molecule has 0 bridgehead atoms. The number of aliphatic carboxylic acids is 1. The summed E-state index contributed by atoms with van der Waals surface area (Å²) in [5.74, 6) is -1.15. The van der Waals surface area contributed by atoms with Gasteiger partial charge in [0.25, 0.3) is 0 Å². The first-order valence-electron chi connectivity index (χ1n) is 4.38. The lowest BCUT2D eigenvalue weighted by Gasteiger charge is -2.14. The van der Waals surface area contributed by atoms with E-state index in [2.05, 4.69) is 5.32 Å². The van der Waals surface area contributed by atoms with Crippen LogP contribution in [0.15, 0.2) is 0 Å². The number of carboxylic acid groups (broad SMARTS) is 1. The lowest BCUT2D eigenvalue weighted by atomic mass is 10.2. The zero-order valence-electron chi connectivity index (χ0n) is 7.93. The Morgan fingerprint density at radius 1 is 1.50 bits per heavy atom. The summed E-state index contributed by atoms with van der Waals surface area (Å²) in [5, 5.41) is 20.6. The standard InChI is InChI=1S/C8H14N2O4/c1-5(11)9-6-2-10(3-7(6)12)4-8(13)14/h6-7,12H,2-4H2,1H3,(H,9,11)(H,13,14)/t6-,7-/m0/s1. The summed E-state index contributed by atoms with van der Waals surface area (Å²) in [6.45, 7) is 1.93. The molecule has 0 radical (unpaired) electrons. The molecule has 1 amide bonds. The molecule has 14 heavy (non-hydrogen) atoms. The Hall–Kier alpha value is -1.14. The van der Waals surface area contributed by atoms with Crippen LogP contribution in [-0.4, -0.2) is 58.8 Å². The second kappa shape index (κ2) is 4.39. The van der Waals surface area contributed by atoms with E-state index < -0.39 is 12.1 Å². The van der Waals surface area contributed by atoms with Crippen LogP contribution >= 0.6 is 0 Å². The molecule has 1 aliphatic rings. The van der Waals surface area contributed by atoms with Crippen LogP contribution in [0, 0.1) is 0 Å². The van der Waals surface area contributed by atoms with Crippen molar-refractivity contribution in [2.75, 3.05) is 19.6 Å². The van der Waals surface area contributed by atoms with E-state index in [0.29, 0.717) is 6.54 Å². The molecular weight excluding hydrogens is 188 g/mol. The van der Waals surface area contributed by atoms with Crippen LogP contribution < -0.4 is 5.32 Å². The molecule has 1 aliphatic heterocycles. The monoisotopic (exact) mass is 202 g/mol. The summed E-state index contributed by atoms with van der Waals surface area (Å²) in [6, 6.07) is -0.355. The molecule has 2 atom stereocenters. The van der Waals surface area contributed by atoms with E-state index in [1.54, 1.807) is 4.90 Å². The summed E-state index contributed by atoms with van der Waals surface area (Å²) < 4.78 is 0. The Labute approximate surface area is 81.5 Å². The maximum Gasteiger partial charge on any atom is 0.317 e. The molecule has 1 fully saturated rings. The summed E-state index contributed by atoms with van der Waals surface area (Å²) in [7, 11) is 0. The predicted octanol–water partition coefficient (Wildman–Crippen LogP) is -1.75. The molecule has 6 heteroatoms. The lowest BCUT2D eigenvalue weighted by Crippen LogP contribution is -2.41. The van der Waals surface area contributed by atoms with E-state index in [1.165, 1.54) is 6.92 Å². The van der Waals surface area contributed by atoms with Crippen molar-refractivity contribution in [1.29, 1.82) is 0 Å². The number of hydrogen-bond donors (Lipinski definition) is 3. The summed E-state index contributed by atoms with van der Waals surface area (Å²) in [6.07, 6.45) is -0.682. The van der Waals surface area contributed by atoms with Gasteiger partial charge in [-0.15, -0.1) is 0 Å². The van der Waals surface area contributed by atoms with Gasteiger partial charge in [0.15, 0.2) is 0 Å². The van der Waals surface area contributed by atoms with Gasteiger partial charge in [-0.25, -0.2) is 0 Å². The summed E-state index contributed by atoms with van der Waals surface area (Å²) in [4.78, 5) is 22.7. The van der Waals surface area contributed by atoms with Gasteiger partial charge in [0.1, 0.15) is 0 Å². The van der Waals surface area contributed by atoms with Gasteiger partial charge < -0.3 is 15.5 Å². The Morgan fingerprint density at radius 3 is 2.64 bits per heavy atom. The first kappa shape index (κ1) is 10.9. The number of carboxylic acids is 1. The Morgan fingerprint density at radius 2 is 2.14 bits per heavy atom. The quantitative estimate of drug-likeness (QED) is 0.505. The van der Waals surface area contributed by atoms with E-state index in [4.69, 9.17) is 5.11 Å². The van der Waals surface area contributed by atoms with Crippen LogP contribution in [0.25, 0.3) is 0 Å². The summed E-state index contributed by atoms with van der Waals surface area (Å²) >= 11 is 0. The number of β-amino-alcohol motifs (C(OH)–C–C–N with tert-alkyl or cyclic N) is 1. The van der Waals surface area contributed by atoms with Crippen LogP contribution in [0.1, 0.15) is 6.92 Å². The fraction of sp³-hybridized carbons (Fsp3) is 0.750. The maximum atomic E-state index is 10.7. The fourth-order valence-corrected chi connectivity index (χ4v) is 1.59. The van der Waals surface area contributed by atoms with E-state index in [9.17, 15) is 14.7 Å². The third-order valence-electron chi connectivity index (χ3n) is 2.11. The lowest BCUT2D eigenvalue weighted by molar-refractivity contribution is -0.138. The van der Waals surface area contributed by atoms with Crippen molar-refractivity contribution in [2.24, 2.45) is 0 Å². The number of carbonyl (C=O) groups excluding carboxylic acids is 1. The second-order valence-electron chi connectivity index (χ2n) is 3.46. The molecule has 3 N–H and O–H groups in total. The molecule has 0 unspecified atom stereocenters. The number of carbonyl (C=O) groups is 2. The van der Waals surface area contributed by atoms with Crippen LogP contribution in [0.3, 0.4) is 0 Å². The Kier molecular flexibility index (Phi) is 3.43. The van der Waals surface area contributed by atoms with E-state index in [0.717, 1.165) is 0 Å². The molecule has 0 aromatic rings. The maximum absolute atomic E-state index is 10.7. The average Bonchev–Trinajstić information content (AvgIpc) is 2.28. The largest absolute Gasteiger partial charge is 0.480 e. The molecule has 80 valence electrons. The highest BCUT2D eigenvalue weighted by atomic mass is 16.4. The molecular formula is C8H14N2O4. The number of amides is 1. The van der Waals surface area contributed by atoms with Gasteiger partial charge in [-0.2, -0.15) is 0 Å². The molecule has 0 aromatic carbocycles. The molecule has 0 aliphatic carbocycles. The number of hydrogen-bond acceptors (Lipinski definition) is 4. The minimum Gasteiger partial charge on any atom is -0.480 e. The van der Waals surface area contributed by atoms with Gasteiger partial charge in [-0.1, -0.05) is 0 Å². The molecule has 1 saturated heterocycles. The zero-order chi connectivity index (χ0) is 10.7. The molecule has 1 rings (SSSR count). The van der Waals surface area contributed by atoms with E-state index in [-0.39, 0.29) is 25.0 Å². The van der Waals surface area contributed by atoms with Crippen molar-refractivity contribution < 1.29 is 19.8 Å². The van der Waals surface area contributed by atoms with Gasteiger partial charge in [-0.3, -0.25) is 14.5 Å². The van der Waals surface area contributed by atoms with Crippen molar-refractivity contribution in [1.82, 2.24) is 10.2 Å². The first-order chi connectivity index (χ1) is 6.49. The highest BCUT2D eigenvalue weighted by molar-refractivity contribution is 5.73. The zero-order valence-corrected chi connectivity index (χ0v) is 7.93. The number of aliphatic hydroxyl groups is 1. The van der Waals surface area contributed by atoms with Gasteiger partial charge >= 0.3 is 5.97 Å². The van der Waals surface area contributed by atoms with Crippen molar-refractivity contribution in [2.45, 2.75) is 19.1 Å². The van der Waals surface area contributed by atoms with Crippen molar-refractivity contribution in [3.63, 3.8) is 0 Å². The van der Waals surface area contributed by atoms with E-state index in [1.807, 2.05) is 0 Å². The van der Waals surface area contributed by atoms with Crippen LogP contribution in [0.2, 0.25) is 0 Å². The molecule has 1 heterocycles. The van der Waals surface area contributed by atoms with Gasteiger partial charge in [-0.05, 0) is 0 Å². The van der Waals surface area contributed by atoms with Crippen LogP contribution in [0.4, 0.5) is 0 Å². The SMILES string of the molecule is CC(=O)N[C@H]1CN(CC(=O)O)C[C@@H]1O. The number of likely N-dealkylation sites (tertiary alicyclic amines) is 1. The summed E-state index contributed by atoms with van der Waals surface area (Å²) in [5.41, 5.74) is 0. The number of nitrogens with one attached hydrogen (secondary N) is 1. The number of nitrogens with zero attached hydrogens (tertiary/aromatic N) is 1. The molecule has 0 saturated carbocycles. The van der Waals surface area contributed by atoms with E-state index >= 15 is 0 Å². The third-order valence-corrected chi connectivity index (χ3v) is 2.11. The highest BCUT2D eigenvalue weighted by Gasteiger charge is 2.32. The Bertz CT molecular complexity index is 243. The predicted molar refractivity (Wildman–Crippen MR) is 47.7 cm³/mol. The smallest absolute Gasteiger partial charge is 0.317 e. The number of rotatable bonds is 3. The topological polar surface area (TPSA) is 89.9 Å². The van der Waals surface area contributed by atoms with Crippen molar-refractivity contribution >= 4 is 11.9 Å². The molecule has 6 nitrogen and oxygen atoms in total. The van der Waals surface area contributed by atoms with Crippen molar-refractivity contribution in [3.8, 4) is 0 Å². The average molecular weight is 202 g/mol. The van der Waals surface area contributed by atoms with Gasteiger partial charge in [0.2, 0.25) is 5.91 Å². The minimum absolute atomic E-state index is 0.104. The highest BCUT2D eigenvalue weighted by Crippen LogP contribution is 2.09. The van der Waals surface area contributed by atoms with Gasteiger partial charge in [0.05, 0.1) is 18.7 Å². The molecule has 0 spiro atoms. The van der Waals surface area contributed by atoms with Crippen molar-refractivity contribution in [3.05, 3.63) is 0 Å². The minimum atomic E-state index is -0.930. The van der Waals surface area contributed by atoms with Crippen LogP contribution in [0.5, 0.6) is 0 Å². The van der Waals surface area contributed by atoms with Crippen LogP contribution in [-0.2, 0) is 9.59 Å². The second-order valence-corrected chi connectivity index (χ2v) is 3.46. The normalized spacial score (nSPS) is 27.6. The number of aliphatic hydroxyl groups excluding tert-OH is 1. The first-order valence-corrected chi connectivity index (χ1v) is 4.38. The Balaban J connectivity index is 2.42. The fourth-order valence-electron chi connectivity index (χ4n) is 1.59. The van der Waals surface area contributed by atoms with Gasteiger partial charge in [0, 0.05) is 20.0 Å². The third kappa shape index (κ3) is 2.97.